The van der Waals surface area contributed by atoms with Crippen molar-refractivity contribution >= 4 is 17.7 Å². The first-order valence-electron chi connectivity index (χ1n) is 7.92. The number of hydrogen-bond acceptors (Lipinski definition) is 4. The molecule has 23 heavy (non-hydrogen) atoms. The lowest BCUT2D eigenvalue weighted by molar-refractivity contribution is -0.108. The summed E-state index contributed by atoms with van der Waals surface area (Å²) in [6.07, 6.45) is 4.31. The summed E-state index contributed by atoms with van der Waals surface area (Å²) in [6, 6.07) is 11.5. The Morgan fingerprint density at radius 3 is 2.78 bits per heavy atom. The van der Waals surface area contributed by atoms with E-state index in [9.17, 15) is 4.79 Å². The van der Waals surface area contributed by atoms with Crippen molar-refractivity contribution in [3.63, 3.8) is 0 Å². The summed E-state index contributed by atoms with van der Waals surface area (Å²) in [5.74, 6) is 0. The maximum Gasteiger partial charge on any atom is 0.144 e. The highest BCUT2D eigenvalue weighted by molar-refractivity contribution is 6.15. The van der Waals surface area contributed by atoms with E-state index in [0.717, 1.165) is 47.3 Å². The molecule has 0 amide bonds. The number of aliphatic imine (C=N–C) groups is 1. The van der Waals surface area contributed by atoms with Crippen molar-refractivity contribution in [2.75, 3.05) is 12.4 Å². The summed E-state index contributed by atoms with van der Waals surface area (Å²) in [7, 11) is 1.88. The van der Waals surface area contributed by atoms with Crippen molar-refractivity contribution in [3.05, 3.63) is 59.4 Å². The van der Waals surface area contributed by atoms with Gasteiger partial charge in [-0.3, -0.25) is 9.98 Å². The van der Waals surface area contributed by atoms with Gasteiger partial charge in [-0.15, -0.1) is 0 Å². The zero-order chi connectivity index (χ0) is 16.7. The molecule has 4 heteroatoms. The predicted molar refractivity (Wildman–Crippen MR) is 95.4 cm³/mol. The molecule has 0 aliphatic heterocycles. The molecule has 0 aliphatic rings. The van der Waals surface area contributed by atoms with E-state index in [2.05, 4.69) is 29.4 Å². The lowest BCUT2D eigenvalue weighted by Gasteiger charge is -2.14. The van der Waals surface area contributed by atoms with Gasteiger partial charge in [0.15, 0.2) is 0 Å². The number of carbonyl (C=O) groups excluding carboxylic acids is 1. The normalized spacial score (nSPS) is 12.7. The van der Waals surface area contributed by atoms with Crippen LogP contribution in [0.4, 0.5) is 5.69 Å². The maximum absolute atomic E-state index is 11.4. The van der Waals surface area contributed by atoms with Crippen LogP contribution in [0.1, 0.15) is 36.6 Å². The van der Waals surface area contributed by atoms with Gasteiger partial charge in [0, 0.05) is 24.5 Å². The molecule has 1 heterocycles. The lowest BCUT2D eigenvalue weighted by atomic mass is 10.0. The van der Waals surface area contributed by atoms with E-state index in [-0.39, 0.29) is 6.04 Å². The van der Waals surface area contributed by atoms with E-state index in [1.165, 1.54) is 0 Å². The fourth-order valence-electron chi connectivity index (χ4n) is 2.47. The van der Waals surface area contributed by atoms with Crippen molar-refractivity contribution in [3.8, 4) is 0 Å². The van der Waals surface area contributed by atoms with Crippen molar-refractivity contribution in [1.29, 1.82) is 0 Å². The molecule has 0 aliphatic carbocycles. The van der Waals surface area contributed by atoms with Crippen molar-refractivity contribution < 1.29 is 4.79 Å². The van der Waals surface area contributed by atoms with E-state index < -0.39 is 0 Å². The Morgan fingerprint density at radius 2 is 2.17 bits per heavy atom. The van der Waals surface area contributed by atoms with Gasteiger partial charge in [-0.25, -0.2) is 0 Å². The molecule has 1 aromatic heterocycles. The quantitative estimate of drug-likeness (QED) is 0.627. The van der Waals surface area contributed by atoms with Crippen LogP contribution >= 0.6 is 0 Å². The van der Waals surface area contributed by atoms with Gasteiger partial charge < -0.3 is 10.1 Å². The monoisotopic (exact) mass is 309 g/mol. The van der Waals surface area contributed by atoms with Gasteiger partial charge in [-0.05, 0) is 37.6 Å². The Kier molecular flexibility index (Phi) is 6.03. The molecular weight excluding hydrogens is 286 g/mol. The van der Waals surface area contributed by atoms with Gasteiger partial charge in [0.1, 0.15) is 12.3 Å². The summed E-state index contributed by atoms with van der Waals surface area (Å²) < 4.78 is 0. The van der Waals surface area contributed by atoms with Crippen LogP contribution < -0.4 is 5.32 Å². The second kappa shape index (κ2) is 8.22. The average Bonchev–Trinajstić information content (AvgIpc) is 2.59. The van der Waals surface area contributed by atoms with Gasteiger partial charge in [0.2, 0.25) is 0 Å². The van der Waals surface area contributed by atoms with E-state index in [1.807, 2.05) is 38.2 Å². The molecule has 0 unspecified atom stereocenters. The molecule has 1 N–H and O–H groups in total. The Bertz CT molecular complexity index is 680. The number of aromatic nitrogens is 1. The molecule has 0 spiro atoms. The highest BCUT2D eigenvalue weighted by Gasteiger charge is 2.15. The van der Waals surface area contributed by atoms with Gasteiger partial charge in [0.05, 0.1) is 11.4 Å². The maximum atomic E-state index is 11.4. The molecule has 120 valence electrons. The fraction of sp³-hybridized carbons (Fsp3) is 0.316. The summed E-state index contributed by atoms with van der Waals surface area (Å²) >= 11 is 0. The molecule has 0 saturated carbocycles. The third-order valence-corrected chi connectivity index (χ3v) is 3.64. The van der Waals surface area contributed by atoms with Crippen molar-refractivity contribution in [2.24, 2.45) is 4.99 Å². The van der Waals surface area contributed by atoms with Crippen LogP contribution in [-0.4, -0.2) is 30.1 Å². The third-order valence-electron chi connectivity index (χ3n) is 3.64. The lowest BCUT2D eigenvalue weighted by Crippen LogP contribution is -2.15. The largest absolute Gasteiger partial charge is 0.388 e. The number of aldehydes is 1. The van der Waals surface area contributed by atoms with Crippen LogP contribution in [0.25, 0.3) is 0 Å². The summed E-state index contributed by atoms with van der Waals surface area (Å²) in [4.78, 5) is 20.5. The van der Waals surface area contributed by atoms with E-state index in [0.29, 0.717) is 0 Å². The topological polar surface area (TPSA) is 54.4 Å². The molecule has 0 bridgehead atoms. The minimum absolute atomic E-state index is 0.345. The zero-order valence-electron chi connectivity index (χ0n) is 13.9. The number of nitrogens with zero attached hydrogens (tertiary/aromatic N) is 2. The van der Waals surface area contributed by atoms with Crippen LogP contribution in [0.15, 0.2) is 47.6 Å². The molecule has 2 rings (SSSR count). The molecule has 0 fully saturated rings. The Balaban J connectivity index is 2.61. The first kappa shape index (κ1) is 16.9. The predicted octanol–water partition coefficient (Wildman–Crippen LogP) is 3.64. The van der Waals surface area contributed by atoms with Gasteiger partial charge >= 0.3 is 0 Å². The van der Waals surface area contributed by atoms with Crippen LogP contribution in [0.3, 0.4) is 0 Å². The van der Waals surface area contributed by atoms with E-state index in [4.69, 9.17) is 4.99 Å². The Morgan fingerprint density at radius 1 is 1.35 bits per heavy atom. The number of rotatable bonds is 7. The number of pyridine rings is 1. The molecular formula is C19H23N3O. The highest BCUT2D eigenvalue weighted by atomic mass is 16.1. The first-order valence-corrected chi connectivity index (χ1v) is 7.92. The number of hydrogen-bond donors (Lipinski definition) is 1. The zero-order valence-corrected chi connectivity index (χ0v) is 13.9. The number of aryl methyl sites for hydroxylation is 1. The molecule has 1 atom stereocenters. The minimum Gasteiger partial charge on any atom is -0.388 e. The molecule has 0 saturated heterocycles. The summed E-state index contributed by atoms with van der Waals surface area (Å²) in [5.41, 5.74) is 4.61. The Labute approximate surface area is 137 Å². The van der Waals surface area contributed by atoms with Crippen LogP contribution in [-0.2, 0) is 4.79 Å². The SMILES string of the molecule is CCC[C@@H](C=O)N=C(c1ccccn1)c1cc(C)ccc1NC. The molecule has 0 radical (unpaired) electrons. The third kappa shape index (κ3) is 4.25. The summed E-state index contributed by atoms with van der Waals surface area (Å²) in [5, 5.41) is 3.20. The molecule has 4 nitrogen and oxygen atoms in total. The van der Waals surface area contributed by atoms with Crippen LogP contribution in [0.2, 0.25) is 0 Å². The van der Waals surface area contributed by atoms with E-state index in [1.54, 1.807) is 6.20 Å². The average molecular weight is 309 g/mol. The van der Waals surface area contributed by atoms with Crippen LogP contribution in [0, 0.1) is 6.92 Å². The number of anilines is 1. The van der Waals surface area contributed by atoms with Gasteiger partial charge in [-0.1, -0.05) is 31.0 Å². The number of benzene rings is 1. The number of carbonyl (C=O) groups is 1. The number of nitrogens with one attached hydrogen (secondary N) is 1. The Hall–Kier alpha value is -2.49. The molecule has 1 aromatic carbocycles. The second-order valence-corrected chi connectivity index (χ2v) is 5.48. The van der Waals surface area contributed by atoms with Crippen molar-refractivity contribution in [2.45, 2.75) is 32.7 Å². The van der Waals surface area contributed by atoms with Gasteiger partial charge in [0.25, 0.3) is 0 Å². The van der Waals surface area contributed by atoms with E-state index >= 15 is 0 Å². The first-order chi connectivity index (χ1) is 11.2. The van der Waals surface area contributed by atoms with Gasteiger partial charge in [-0.2, -0.15) is 0 Å². The standard InChI is InChI=1S/C19H23N3O/c1-4-7-15(13-23)22-19(18-8-5-6-11-21-18)16-12-14(2)9-10-17(16)20-3/h5-6,8-13,15,20H,4,7H2,1-3H3/t15-/m0/s1. The summed E-state index contributed by atoms with van der Waals surface area (Å²) in [6.45, 7) is 4.10. The van der Waals surface area contributed by atoms with Crippen molar-refractivity contribution in [1.82, 2.24) is 4.98 Å². The smallest absolute Gasteiger partial charge is 0.144 e. The minimum atomic E-state index is -0.345. The van der Waals surface area contributed by atoms with Crippen LogP contribution in [0.5, 0.6) is 0 Å². The second-order valence-electron chi connectivity index (χ2n) is 5.48. The fourth-order valence-corrected chi connectivity index (χ4v) is 2.47. The molecule has 2 aromatic rings. The highest BCUT2D eigenvalue weighted by Crippen LogP contribution is 2.21.